The zero-order valence-electron chi connectivity index (χ0n) is 40.8. The summed E-state index contributed by atoms with van der Waals surface area (Å²) in [5.41, 5.74) is 23.6. The Hall–Kier alpha value is -7.48. The van der Waals surface area contributed by atoms with Gasteiger partial charge < -0.3 is 24.0 Å². The minimum Gasteiger partial charge on any atom is -0.459 e. The molecule has 0 amide bonds. The molecule has 338 valence electrons. The van der Waals surface area contributed by atoms with Crippen LogP contribution in [-0.2, 0) is 5.41 Å². The Bertz CT molecular complexity index is 3810. The van der Waals surface area contributed by atoms with E-state index < -0.39 is 0 Å². The van der Waals surface area contributed by atoms with Gasteiger partial charge in [0.05, 0.1) is 0 Å². The van der Waals surface area contributed by atoms with Gasteiger partial charge in [0.15, 0.2) is 0 Å². The highest BCUT2D eigenvalue weighted by Crippen LogP contribution is 2.50. The number of fused-ring (bicyclic) bond motifs is 13. The topological polar surface area (TPSA) is 34.2 Å². The fourth-order valence-corrected chi connectivity index (χ4v) is 14.1. The van der Waals surface area contributed by atoms with Crippen LogP contribution in [0.1, 0.15) is 48.6 Å². The number of ether oxygens (including phenoxy) is 3. The van der Waals surface area contributed by atoms with Crippen LogP contribution in [0.15, 0.2) is 168 Å². The number of anilines is 6. The van der Waals surface area contributed by atoms with Gasteiger partial charge in [0.2, 0.25) is 0 Å². The average Bonchev–Trinajstić information content (AvgIpc) is 3.35. The summed E-state index contributed by atoms with van der Waals surface area (Å²) in [6, 6.07) is 58.8. The Morgan fingerprint density at radius 2 is 0.901 bits per heavy atom. The molecule has 0 saturated heterocycles. The Balaban J connectivity index is 1.11. The smallest absolute Gasteiger partial charge is 0.260 e. The van der Waals surface area contributed by atoms with E-state index in [1.165, 1.54) is 81.8 Å². The molecule has 0 atom stereocenters. The van der Waals surface area contributed by atoms with Crippen LogP contribution in [0.25, 0.3) is 0 Å². The first-order valence-corrected chi connectivity index (χ1v) is 25.7. The van der Waals surface area contributed by atoms with Crippen LogP contribution < -0.4 is 73.2 Å². The number of hydrogen-bond donors (Lipinski definition) is 0. The van der Waals surface area contributed by atoms with Gasteiger partial charge in [-0.15, -0.1) is 0 Å². The molecule has 0 saturated carbocycles. The molecule has 0 unspecified atom stereocenters. The molecule has 0 spiro atoms. The van der Waals surface area contributed by atoms with Crippen molar-refractivity contribution in [1.29, 1.82) is 0 Å². The molecule has 5 nitrogen and oxygen atoms in total. The molecule has 6 aliphatic rings. The first-order valence-electron chi connectivity index (χ1n) is 24.9. The van der Waals surface area contributed by atoms with Gasteiger partial charge in [0, 0.05) is 55.4 Å². The van der Waals surface area contributed by atoms with E-state index in [2.05, 4.69) is 210 Å². The normalized spacial score (nSPS) is 14.5. The highest BCUT2D eigenvalue weighted by molar-refractivity contribution is 8.00. The molecule has 0 bridgehead atoms. The minimum atomic E-state index is -0.228. The lowest BCUT2D eigenvalue weighted by Crippen LogP contribution is -2.66. The molecule has 15 rings (SSSR count). The van der Waals surface area contributed by atoms with Crippen molar-refractivity contribution in [2.24, 2.45) is 0 Å². The molecule has 9 aromatic carbocycles. The number of benzene rings is 9. The van der Waals surface area contributed by atoms with Gasteiger partial charge in [-0.2, -0.15) is 0 Å². The van der Waals surface area contributed by atoms with E-state index in [4.69, 9.17) is 14.2 Å². The van der Waals surface area contributed by atoms with Crippen molar-refractivity contribution in [3.8, 4) is 34.5 Å². The predicted molar refractivity (Wildman–Crippen MR) is 298 cm³/mol. The van der Waals surface area contributed by atoms with E-state index in [0.29, 0.717) is 0 Å². The zero-order valence-corrected chi connectivity index (χ0v) is 41.6. The summed E-state index contributed by atoms with van der Waals surface area (Å²) in [6.07, 6.45) is 0. The summed E-state index contributed by atoms with van der Waals surface area (Å²) in [6.45, 7) is 15.6. The monoisotopic (exact) mass is 932 g/mol. The third-order valence-electron chi connectivity index (χ3n) is 15.7. The second kappa shape index (κ2) is 14.6. The second-order valence-corrected chi connectivity index (χ2v) is 22.6. The van der Waals surface area contributed by atoms with E-state index >= 15 is 0 Å². The Morgan fingerprint density at radius 1 is 0.380 bits per heavy atom. The van der Waals surface area contributed by atoms with Crippen LogP contribution in [0.3, 0.4) is 0 Å². The highest BCUT2D eigenvalue weighted by Gasteiger charge is 2.51. The molecular weight excluding hydrogens is 885 g/mol. The van der Waals surface area contributed by atoms with Crippen molar-refractivity contribution in [3.63, 3.8) is 0 Å². The van der Waals surface area contributed by atoms with Crippen molar-refractivity contribution >= 4 is 115 Å². The Morgan fingerprint density at radius 3 is 1.54 bits per heavy atom. The van der Waals surface area contributed by atoms with E-state index in [-0.39, 0.29) is 25.6 Å². The minimum absolute atomic E-state index is 0.00641. The van der Waals surface area contributed by atoms with Crippen LogP contribution in [0.2, 0.25) is 0 Å². The molecule has 0 N–H and O–H groups in total. The second-order valence-electron chi connectivity index (χ2n) is 21.5. The SMILES string of the molecule is Cc1cc(C)cc(N2c3cc4c(cc3B3c5c2cc(C(C)(C)C)cc5N(c2cc(C)cc(C)c2)c2cc5c6c(c23)Oc2ccccc2B6c2ccccc2S5)B2c3ccccc3Oc3cccc(c32)O4)c1. The average molecular weight is 933 g/mol. The molecule has 0 aliphatic carbocycles. The quantitative estimate of drug-likeness (QED) is 0.161. The van der Waals surface area contributed by atoms with Crippen molar-refractivity contribution in [2.75, 3.05) is 9.80 Å². The van der Waals surface area contributed by atoms with Gasteiger partial charge in [-0.25, -0.2) is 0 Å². The van der Waals surface area contributed by atoms with E-state index in [9.17, 15) is 0 Å². The van der Waals surface area contributed by atoms with Crippen LogP contribution >= 0.6 is 11.8 Å². The number of para-hydroxylation sites is 2. The maximum atomic E-state index is 7.59. The van der Waals surface area contributed by atoms with Gasteiger partial charge in [-0.05, 0) is 172 Å². The first-order chi connectivity index (χ1) is 34.4. The standard InChI is InChI=1S/C62H47B3N2O3S/c1-34-23-35(2)26-39(25-34)66-46-32-54-45(64-41-15-8-11-18-50(41)68-52-20-14-21-53(69-54)59(52)64)31-44(46)65-57-47(66)29-38(62(5,6)7)30-48(57)67(40-27-36(3)24-37(4)28-40)49-33-56-60-61(58(49)65)70-51-19-12-9-16-42(51)63(60)43-17-10-13-22-55(43)71-56/h8-33H,1-7H3. The van der Waals surface area contributed by atoms with Gasteiger partial charge in [0.25, 0.3) is 20.1 Å². The molecule has 0 aromatic heterocycles. The molecule has 9 heteroatoms. The van der Waals surface area contributed by atoms with Crippen molar-refractivity contribution in [2.45, 2.75) is 63.7 Å². The predicted octanol–water partition coefficient (Wildman–Crippen LogP) is 10.1. The van der Waals surface area contributed by atoms with Gasteiger partial charge in [0.1, 0.15) is 34.5 Å². The molecule has 6 aliphatic heterocycles. The molecule has 9 aromatic rings. The number of rotatable bonds is 2. The summed E-state index contributed by atoms with van der Waals surface area (Å²) in [4.78, 5) is 7.65. The van der Waals surface area contributed by atoms with E-state index in [1.54, 1.807) is 0 Å². The molecule has 6 heterocycles. The third kappa shape index (κ3) is 5.87. The third-order valence-corrected chi connectivity index (χ3v) is 16.9. The number of nitrogens with zero attached hydrogens (tertiary/aromatic N) is 2. The van der Waals surface area contributed by atoms with Gasteiger partial charge in [-0.3, -0.25) is 0 Å². The molecular formula is C62H47B3N2O3S. The highest BCUT2D eigenvalue weighted by atomic mass is 32.2. The van der Waals surface area contributed by atoms with Crippen LogP contribution in [0.5, 0.6) is 34.5 Å². The van der Waals surface area contributed by atoms with Gasteiger partial charge in [-0.1, -0.05) is 117 Å². The van der Waals surface area contributed by atoms with E-state index in [1.807, 2.05) is 17.8 Å². The Kier molecular flexibility index (Phi) is 8.47. The lowest BCUT2D eigenvalue weighted by molar-refractivity contribution is 0.464. The lowest BCUT2D eigenvalue weighted by atomic mass is 9.29. The Labute approximate surface area is 420 Å². The van der Waals surface area contributed by atoms with Crippen LogP contribution in [0.4, 0.5) is 34.1 Å². The van der Waals surface area contributed by atoms with E-state index in [0.717, 1.165) is 73.6 Å². The summed E-state index contributed by atoms with van der Waals surface area (Å²) in [5.74, 6) is 5.28. The summed E-state index contributed by atoms with van der Waals surface area (Å²) in [7, 11) is 0. The van der Waals surface area contributed by atoms with Gasteiger partial charge >= 0.3 is 0 Å². The van der Waals surface area contributed by atoms with Crippen molar-refractivity contribution in [1.82, 2.24) is 0 Å². The molecule has 0 radical (unpaired) electrons. The maximum Gasteiger partial charge on any atom is 0.260 e. The molecule has 0 fully saturated rings. The number of aryl methyl sites for hydroxylation is 4. The summed E-state index contributed by atoms with van der Waals surface area (Å²) < 4.78 is 21.4. The van der Waals surface area contributed by atoms with Crippen LogP contribution in [0, 0.1) is 27.7 Å². The van der Waals surface area contributed by atoms with Crippen LogP contribution in [-0.4, -0.2) is 20.1 Å². The molecule has 71 heavy (non-hydrogen) atoms. The lowest BCUT2D eigenvalue weighted by Gasteiger charge is -2.47. The maximum absolute atomic E-state index is 7.59. The fraction of sp³-hybridized carbons (Fsp3) is 0.129. The number of hydrogen-bond acceptors (Lipinski definition) is 6. The fourth-order valence-electron chi connectivity index (χ4n) is 12.9. The van der Waals surface area contributed by atoms with Crippen molar-refractivity contribution in [3.05, 3.63) is 186 Å². The summed E-state index contributed by atoms with van der Waals surface area (Å²) in [5, 5.41) is 0. The zero-order chi connectivity index (χ0) is 47.8. The largest absolute Gasteiger partial charge is 0.459 e. The van der Waals surface area contributed by atoms with Crippen molar-refractivity contribution < 1.29 is 14.2 Å². The first kappa shape index (κ1) is 41.3. The summed E-state index contributed by atoms with van der Waals surface area (Å²) >= 11 is 1.87.